The third kappa shape index (κ3) is 4.25. The highest BCUT2D eigenvalue weighted by Gasteiger charge is 2.26. The van der Waals surface area contributed by atoms with Gasteiger partial charge in [-0.3, -0.25) is 4.79 Å². The molecule has 25 heavy (non-hydrogen) atoms. The molecule has 0 radical (unpaired) electrons. The van der Waals surface area contributed by atoms with Crippen LogP contribution >= 0.6 is 0 Å². The van der Waals surface area contributed by atoms with Crippen LogP contribution in [0.1, 0.15) is 43.4 Å². The minimum absolute atomic E-state index is 0.0382. The Kier molecular flexibility index (Phi) is 4.90. The first-order valence-electron chi connectivity index (χ1n) is 8.78. The molecular formula is C19H26N4O2. The van der Waals surface area contributed by atoms with E-state index in [0.717, 1.165) is 25.1 Å². The number of hydrogen-bond donors (Lipinski definition) is 1. The quantitative estimate of drug-likeness (QED) is 0.923. The Morgan fingerprint density at radius 2 is 2.20 bits per heavy atom. The zero-order valence-corrected chi connectivity index (χ0v) is 15.2. The second-order valence-corrected chi connectivity index (χ2v) is 7.97. The van der Waals surface area contributed by atoms with Crippen LogP contribution in [0.3, 0.4) is 0 Å². The Hall–Kier alpha value is -2.21. The summed E-state index contributed by atoms with van der Waals surface area (Å²) in [6.45, 7) is 8.51. The fourth-order valence-corrected chi connectivity index (χ4v) is 3.08. The first kappa shape index (κ1) is 17.6. The van der Waals surface area contributed by atoms with Crippen molar-refractivity contribution >= 4 is 5.91 Å². The van der Waals surface area contributed by atoms with Crippen molar-refractivity contribution in [1.82, 2.24) is 15.0 Å². The Labute approximate surface area is 148 Å². The summed E-state index contributed by atoms with van der Waals surface area (Å²) in [6, 6.07) is 7.43. The standard InChI is InChI=1S/C19H26N4O2/c1-19(2,3)10-16-21-17(22-25-16)14-5-4-6-15(9-14)18(24)23-8-7-13(11-20)12-23/h4-6,9,13H,7-8,10-12,20H2,1-3H3. The first-order chi connectivity index (χ1) is 11.9. The van der Waals surface area contributed by atoms with Crippen molar-refractivity contribution in [2.45, 2.75) is 33.6 Å². The van der Waals surface area contributed by atoms with Crippen LogP contribution in [0.25, 0.3) is 11.4 Å². The number of aromatic nitrogens is 2. The fraction of sp³-hybridized carbons (Fsp3) is 0.526. The van der Waals surface area contributed by atoms with E-state index in [1.807, 2.05) is 29.2 Å². The van der Waals surface area contributed by atoms with E-state index in [0.29, 0.717) is 36.2 Å². The number of benzene rings is 1. The summed E-state index contributed by atoms with van der Waals surface area (Å²) in [5, 5.41) is 4.07. The van der Waals surface area contributed by atoms with Gasteiger partial charge in [0.25, 0.3) is 5.91 Å². The van der Waals surface area contributed by atoms with Gasteiger partial charge in [-0.1, -0.05) is 38.1 Å². The predicted octanol–water partition coefficient (Wildman–Crippen LogP) is 2.75. The maximum atomic E-state index is 12.7. The summed E-state index contributed by atoms with van der Waals surface area (Å²) in [7, 11) is 0. The second-order valence-electron chi connectivity index (χ2n) is 7.97. The molecule has 1 aromatic carbocycles. The summed E-state index contributed by atoms with van der Waals surface area (Å²) in [4.78, 5) is 19.0. The highest BCUT2D eigenvalue weighted by Crippen LogP contribution is 2.24. The van der Waals surface area contributed by atoms with Gasteiger partial charge in [-0.15, -0.1) is 0 Å². The van der Waals surface area contributed by atoms with Gasteiger partial charge in [-0.25, -0.2) is 0 Å². The van der Waals surface area contributed by atoms with Crippen molar-refractivity contribution in [2.24, 2.45) is 17.1 Å². The van der Waals surface area contributed by atoms with Crippen LogP contribution in [0.5, 0.6) is 0 Å². The number of hydrogen-bond acceptors (Lipinski definition) is 5. The largest absolute Gasteiger partial charge is 0.339 e. The van der Waals surface area contributed by atoms with Crippen LogP contribution in [0.15, 0.2) is 28.8 Å². The van der Waals surface area contributed by atoms with Crippen LogP contribution in [0.2, 0.25) is 0 Å². The van der Waals surface area contributed by atoms with Crippen molar-refractivity contribution in [3.05, 3.63) is 35.7 Å². The van der Waals surface area contributed by atoms with Gasteiger partial charge in [-0.2, -0.15) is 4.98 Å². The number of carbonyl (C=O) groups is 1. The predicted molar refractivity (Wildman–Crippen MR) is 96.0 cm³/mol. The lowest BCUT2D eigenvalue weighted by Gasteiger charge is -2.16. The molecule has 1 aliphatic heterocycles. The highest BCUT2D eigenvalue weighted by molar-refractivity contribution is 5.95. The number of carbonyl (C=O) groups excluding carboxylic acids is 1. The molecule has 2 aromatic rings. The van der Waals surface area contributed by atoms with Crippen LogP contribution in [-0.4, -0.2) is 40.6 Å². The second kappa shape index (κ2) is 6.96. The molecule has 3 rings (SSSR count). The Bertz CT molecular complexity index is 748. The minimum atomic E-state index is 0.0382. The Balaban J connectivity index is 1.77. The molecule has 0 spiro atoms. The molecule has 1 saturated heterocycles. The molecular weight excluding hydrogens is 316 g/mol. The molecule has 6 heteroatoms. The highest BCUT2D eigenvalue weighted by atomic mass is 16.5. The molecule has 1 fully saturated rings. The average molecular weight is 342 g/mol. The van der Waals surface area contributed by atoms with E-state index in [1.54, 1.807) is 0 Å². The number of nitrogens with two attached hydrogens (primary N) is 1. The summed E-state index contributed by atoms with van der Waals surface area (Å²) in [5.41, 5.74) is 7.24. The van der Waals surface area contributed by atoms with Gasteiger partial charge in [0.15, 0.2) is 0 Å². The van der Waals surface area contributed by atoms with Crippen LogP contribution in [0.4, 0.5) is 0 Å². The van der Waals surface area contributed by atoms with E-state index >= 15 is 0 Å². The van der Waals surface area contributed by atoms with Gasteiger partial charge in [0.05, 0.1) is 0 Å². The third-order valence-corrected chi connectivity index (χ3v) is 4.42. The molecule has 2 heterocycles. The third-order valence-electron chi connectivity index (χ3n) is 4.42. The lowest BCUT2D eigenvalue weighted by Crippen LogP contribution is -2.29. The summed E-state index contributed by atoms with van der Waals surface area (Å²) >= 11 is 0. The van der Waals surface area contributed by atoms with E-state index in [4.69, 9.17) is 10.3 Å². The molecule has 1 amide bonds. The maximum Gasteiger partial charge on any atom is 0.253 e. The molecule has 0 aliphatic carbocycles. The van der Waals surface area contributed by atoms with E-state index < -0.39 is 0 Å². The van der Waals surface area contributed by atoms with Gasteiger partial charge in [0.1, 0.15) is 0 Å². The summed E-state index contributed by atoms with van der Waals surface area (Å²) < 4.78 is 5.35. The molecule has 0 bridgehead atoms. The molecule has 1 unspecified atom stereocenters. The molecule has 134 valence electrons. The minimum Gasteiger partial charge on any atom is -0.339 e. The number of nitrogens with zero attached hydrogens (tertiary/aromatic N) is 3. The zero-order chi connectivity index (χ0) is 18.0. The van der Waals surface area contributed by atoms with Crippen LogP contribution in [0, 0.1) is 11.3 Å². The lowest BCUT2D eigenvalue weighted by molar-refractivity contribution is 0.0787. The van der Waals surface area contributed by atoms with E-state index in [-0.39, 0.29) is 11.3 Å². The number of rotatable bonds is 4. The Morgan fingerprint density at radius 1 is 1.40 bits per heavy atom. The molecule has 1 aliphatic rings. The fourth-order valence-electron chi connectivity index (χ4n) is 3.08. The van der Waals surface area contributed by atoms with Gasteiger partial charge < -0.3 is 15.2 Å². The van der Waals surface area contributed by atoms with Gasteiger partial charge in [-0.05, 0) is 36.4 Å². The molecule has 0 saturated carbocycles. The van der Waals surface area contributed by atoms with Crippen molar-refractivity contribution < 1.29 is 9.32 Å². The Morgan fingerprint density at radius 3 is 2.88 bits per heavy atom. The SMILES string of the molecule is CC(C)(C)Cc1nc(-c2cccc(C(=O)N3CCC(CN)C3)c2)no1. The number of amides is 1. The molecule has 2 N–H and O–H groups in total. The molecule has 1 atom stereocenters. The van der Waals surface area contributed by atoms with Crippen molar-refractivity contribution in [2.75, 3.05) is 19.6 Å². The van der Waals surface area contributed by atoms with E-state index in [1.165, 1.54) is 0 Å². The van der Waals surface area contributed by atoms with Crippen molar-refractivity contribution in [1.29, 1.82) is 0 Å². The normalized spacial score (nSPS) is 17.9. The topological polar surface area (TPSA) is 85.2 Å². The van der Waals surface area contributed by atoms with Crippen molar-refractivity contribution in [3.8, 4) is 11.4 Å². The first-order valence-corrected chi connectivity index (χ1v) is 8.78. The molecule has 1 aromatic heterocycles. The molecule has 6 nitrogen and oxygen atoms in total. The van der Waals surface area contributed by atoms with E-state index in [2.05, 4.69) is 30.9 Å². The van der Waals surface area contributed by atoms with E-state index in [9.17, 15) is 4.79 Å². The van der Waals surface area contributed by atoms with Crippen LogP contribution in [-0.2, 0) is 6.42 Å². The van der Waals surface area contributed by atoms with Gasteiger partial charge in [0.2, 0.25) is 11.7 Å². The summed E-state index contributed by atoms with van der Waals surface area (Å²) in [5.74, 6) is 1.58. The summed E-state index contributed by atoms with van der Waals surface area (Å²) in [6.07, 6.45) is 1.69. The average Bonchev–Trinajstić information content (AvgIpc) is 3.22. The smallest absolute Gasteiger partial charge is 0.253 e. The lowest BCUT2D eigenvalue weighted by atomic mass is 9.92. The zero-order valence-electron chi connectivity index (χ0n) is 15.2. The maximum absolute atomic E-state index is 12.7. The van der Waals surface area contributed by atoms with Crippen molar-refractivity contribution in [3.63, 3.8) is 0 Å². The van der Waals surface area contributed by atoms with Gasteiger partial charge in [0, 0.05) is 30.6 Å². The number of likely N-dealkylation sites (tertiary alicyclic amines) is 1. The van der Waals surface area contributed by atoms with Crippen LogP contribution < -0.4 is 5.73 Å². The monoisotopic (exact) mass is 342 g/mol. The van der Waals surface area contributed by atoms with Gasteiger partial charge >= 0.3 is 0 Å².